The highest BCUT2D eigenvalue weighted by Gasteiger charge is 2.12. The first-order chi connectivity index (χ1) is 8.60. The van der Waals surface area contributed by atoms with Crippen molar-refractivity contribution in [3.63, 3.8) is 0 Å². The molecule has 0 bridgehead atoms. The van der Waals surface area contributed by atoms with Gasteiger partial charge in [-0.3, -0.25) is 0 Å². The van der Waals surface area contributed by atoms with Crippen molar-refractivity contribution < 1.29 is 0 Å². The molecule has 1 aromatic carbocycles. The van der Waals surface area contributed by atoms with E-state index in [0.29, 0.717) is 14.9 Å². The van der Waals surface area contributed by atoms with Crippen LogP contribution in [0.4, 0.5) is 0 Å². The number of halogens is 3. The van der Waals surface area contributed by atoms with Crippen LogP contribution in [-0.4, -0.2) is 0 Å². The molecule has 0 aliphatic heterocycles. The predicted molar refractivity (Wildman–Crippen MR) is 85.5 cm³/mol. The summed E-state index contributed by atoms with van der Waals surface area (Å²) in [7, 11) is 0. The van der Waals surface area contributed by atoms with Crippen LogP contribution >= 0.6 is 50.5 Å². The Kier molecular flexibility index (Phi) is 5.14. The van der Waals surface area contributed by atoms with Crippen molar-refractivity contribution in [1.29, 1.82) is 0 Å². The fourth-order valence-corrected chi connectivity index (χ4v) is 3.78. The van der Waals surface area contributed by atoms with Crippen LogP contribution in [-0.2, 0) is 12.8 Å². The van der Waals surface area contributed by atoms with Gasteiger partial charge in [0.25, 0.3) is 0 Å². The van der Waals surface area contributed by atoms with Crippen LogP contribution in [0, 0.1) is 0 Å². The quantitative estimate of drug-likeness (QED) is 0.559. The third kappa shape index (κ3) is 3.51. The van der Waals surface area contributed by atoms with Gasteiger partial charge in [0.1, 0.15) is 0 Å². The molecule has 2 rings (SSSR count). The molecule has 96 valence electrons. The van der Waals surface area contributed by atoms with E-state index < -0.39 is 0 Å². The fraction of sp³-hybridized carbons (Fsp3) is 0.286. The Balaban J connectivity index is 2.10. The third-order valence-corrected chi connectivity index (χ3v) is 5.94. The molecule has 0 saturated heterocycles. The minimum absolute atomic E-state index is 0.333. The number of thiophene rings is 1. The molecule has 0 aliphatic carbocycles. The van der Waals surface area contributed by atoms with Crippen molar-refractivity contribution >= 4 is 50.5 Å². The van der Waals surface area contributed by atoms with Gasteiger partial charge in [0, 0.05) is 9.75 Å². The predicted octanol–water partition coefficient (Wildman–Crippen LogP) is 6.30. The summed E-state index contributed by atoms with van der Waals surface area (Å²) in [5.41, 5.74) is 1.19. The van der Waals surface area contributed by atoms with Crippen LogP contribution in [0.15, 0.2) is 30.3 Å². The zero-order valence-corrected chi connectivity index (χ0v) is 13.8. The Morgan fingerprint density at radius 2 is 1.94 bits per heavy atom. The van der Waals surface area contributed by atoms with Gasteiger partial charge < -0.3 is 0 Å². The third-order valence-electron chi connectivity index (χ3n) is 2.74. The molecule has 0 fully saturated rings. The molecule has 0 radical (unpaired) electrons. The van der Waals surface area contributed by atoms with Crippen molar-refractivity contribution in [3.8, 4) is 0 Å². The van der Waals surface area contributed by atoms with Crippen LogP contribution in [0.2, 0.25) is 10.0 Å². The summed E-state index contributed by atoms with van der Waals surface area (Å²) in [6.45, 7) is 2.18. The highest BCUT2D eigenvalue weighted by molar-refractivity contribution is 9.09. The maximum absolute atomic E-state index is 6.03. The van der Waals surface area contributed by atoms with Gasteiger partial charge in [0.05, 0.1) is 14.9 Å². The monoisotopic (exact) mass is 362 g/mol. The summed E-state index contributed by atoms with van der Waals surface area (Å²) in [5.74, 6) is 0. The molecule has 0 N–H and O–H groups in total. The van der Waals surface area contributed by atoms with E-state index >= 15 is 0 Å². The molecule has 1 unspecified atom stereocenters. The van der Waals surface area contributed by atoms with Crippen LogP contribution in [0.25, 0.3) is 0 Å². The molecule has 0 aliphatic rings. The van der Waals surface area contributed by atoms with Crippen LogP contribution in [0.3, 0.4) is 0 Å². The first kappa shape index (κ1) is 14.4. The van der Waals surface area contributed by atoms with Gasteiger partial charge >= 0.3 is 0 Å². The Bertz CT molecular complexity index is 536. The standard InChI is InChI=1S/C14H13BrCl2S/c1-2-10-4-6-14(18-10)11(15)7-9-3-5-12(16)13(17)8-9/h3-6,8,11H,2,7H2,1H3. The normalized spacial score (nSPS) is 12.7. The van der Waals surface area contributed by atoms with E-state index in [1.807, 2.05) is 29.5 Å². The summed E-state index contributed by atoms with van der Waals surface area (Å²) in [6.07, 6.45) is 2.01. The Morgan fingerprint density at radius 1 is 1.17 bits per heavy atom. The molecule has 1 atom stereocenters. The number of hydrogen-bond donors (Lipinski definition) is 0. The molecular formula is C14H13BrCl2S. The van der Waals surface area contributed by atoms with Gasteiger partial charge in [-0.15, -0.1) is 11.3 Å². The lowest BCUT2D eigenvalue weighted by atomic mass is 10.1. The van der Waals surface area contributed by atoms with Gasteiger partial charge in [0.2, 0.25) is 0 Å². The molecule has 4 heteroatoms. The van der Waals surface area contributed by atoms with E-state index in [1.165, 1.54) is 15.3 Å². The molecule has 2 aromatic rings. The number of benzene rings is 1. The maximum Gasteiger partial charge on any atom is 0.0595 e. The van der Waals surface area contributed by atoms with Gasteiger partial charge in [-0.25, -0.2) is 0 Å². The summed E-state index contributed by atoms with van der Waals surface area (Å²) in [4.78, 5) is 3.11. The van der Waals surface area contributed by atoms with Crippen molar-refractivity contribution in [2.75, 3.05) is 0 Å². The minimum Gasteiger partial charge on any atom is -0.144 e. The van der Waals surface area contributed by atoms with Gasteiger partial charge in [-0.05, 0) is 42.7 Å². The van der Waals surface area contributed by atoms with Crippen LogP contribution in [0.5, 0.6) is 0 Å². The number of aryl methyl sites for hydroxylation is 1. The topological polar surface area (TPSA) is 0 Å². The number of rotatable bonds is 4. The second kappa shape index (κ2) is 6.42. The number of alkyl halides is 1. The fourth-order valence-electron chi connectivity index (χ4n) is 1.73. The highest BCUT2D eigenvalue weighted by Crippen LogP contribution is 2.34. The SMILES string of the molecule is CCc1ccc(C(Br)Cc2ccc(Cl)c(Cl)c2)s1. The first-order valence-electron chi connectivity index (χ1n) is 5.76. The van der Waals surface area contributed by atoms with Crippen LogP contribution < -0.4 is 0 Å². The molecule has 18 heavy (non-hydrogen) atoms. The van der Waals surface area contributed by atoms with E-state index in [4.69, 9.17) is 23.2 Å². The first-order valence-corrected chi connectivity index (χ1v) is 8.25. The highest BCUT2D eigenvalue weighted by atomic mass is 79.9. The molecular weight excluding hydrogens is 351 g/mol. The van der Waals surface area contributed by atoms with Crippen molar-refractivity contribution in [2.45, 2.75) is 24.6 Å². The average Bonchev–Trinajstić information content (AvgIpc) is 2.82. The van der Waals surface area contributed by atoms with Gasteiger partial charge in [-0.1, -0.05) is 52.1 Å². The van der Waals surface area contributed by atoms with E-state index in [2.05, 4.69) is 35.0 Å². The summed E-state index contributed by atoms with van der Waals surface area (Å²) >= 11 is 17.5. The lowest BCUT2D eigenvalue weighted by Crippen LogP contribution is -1.92. The van der Waals surface area contributed by atoms with E-state index in [1.54, 1.807) is 0 Å². The zero-order valence-electron chi connectivity index (χ0n) is 9.92. The van der Waals surface area contributed by atoms with Crippen molar-refractivity contribution in [3.05, 3.63) is 55.7 Å². The van der Waals surface area contributed by atoms with Gasteiger partial charge in [0.15, 0.2) is 0 Å². The molecule has 0 nitrogen and oxygen atoms in total. The molecule has 1 aromatic heterocycles. The Labute approximate surface area is 130 Å². The summed E-state index contributed by atoms with van der Waals surface area (Å²) < 4.78 is 0. The molecule has 0 spiro atoms. The summed E-state index contributed by atoms with van der Waals surface area (Å²) in [5, 5.41) is 1.23. The van der Waals surface area contributed by atoms with E-state index in [9.17, 15) is 0 Å². The maximum atomic E-state index is 6.03. The summed E-state index contributed by atoms with van der Waals surface area (Å²) in [6, 6.07) is 10.2. The van der Waals surface area contributed by atoms with E-state index in [-0.39, 0.29) is 0 Å². The largest absolute Gasteiger partial charge is 0.144 e. The molecule has 0 amide bonds. The van der Waals surface area contributed by atoms with Crippen molar-refractivity contribution in [1.82, 2.24) is 0 Å². The molecule has 1 heterocycles. The van der Waals surface area contributed by atoms with E-state index in [0.717, 1.165) is 12.8 Å². The average molecular weight is 364 g/mol. The van der Waals surface area contributed by atoms with Gasteiger partial charge in [-0.2, -0.15) is 0 Å². The lowest BCUT2D eigenvalue weighted by Gasteiger charge is -2.08. The lowest BCUT2D eigenvalue weighted by molar-refractivity contribution is 0.970. The molecule has 0 saturated carbocycles. The van der Waals surface area contributed by atoms with Crippen LogP contribution in [0.1, 0.15) is 27.1 Å². The second-order valence-corrected chi connectivity index (χ2v) is 7.20. The van der Waals surface area contributed by atoms with Crippen molar-refractivity contribution in [2.24, 2.45) is 0 Å². The zero-order chi connectivity index (χ0) is 13.1. The minimum atomic E-state index is 0.333. The second-order valence-electron chi connectivity index (χ2n) is 4.08. The Hall–Kier alpha value is -0.0200. The number of hydrogen-bond acceptors (Lipinski definition) is 1. The smallest absolute Gasteiger partial charge is 0.0595 e. The Morgan fingerprint density at radius 3 is 2.56 bits per heavy atom.